The van der Waals surface area contributed by atoms with Crippen LogP contribution < -0.4 is 20.7 Å². The van der Waals surface area contributed by atoms with Crippen LogP contribution in [0.4, 0.5) is 21.0 Å². The minimum absolute atomic E-state index is 0.118. The molecular formula is C30H41N5O5. The van der Waals surface area contributed by atoms with E-state index in [1.807, 2.05) is 37.3 Å². The molecule has 2 aromatic carbocycles. The van der Waals surface area contributed by atoms with Crippen molar-refractivity contribution >= 4 is 29.3 Å². The van der Waals surface area contributed by atoms with E-state index in [-0.39, 0.29) is 48.8 Å². The summed E-state index contributed by atoms with van der Waals surface area (Å²) >= 11 is 0. The summed E-state index contributed by atoms with van der Waals surface area (Å²) in [5, 5.41) is 18.7. The van der Waals surface area contributed by atoms with Gasteiger partial charge in [-0.3, -0.25) is 4.79 Å². The minimum Gasteiger partial charge on any atom is -0.485 e. The number of anilines is 2. The summed E-state index contributed by atoms with van der Waals surface area (Å²) in [5.41, 5.74) is 1.36. The van der Waals surface area contributed by atoms with Crippen LogP contribution in [0.1, 0.15) is 56.3 Å². The van der Waals surface area contributed by atoms with Crippen LogP contribution >= 0.6 is 0 Å². The second-order valence-corrected chi connectivity index (χ2v) is 10.9. The van der Waals surface area contributed by atoms with Crippen molar-refractivity contribution in [1.29, 1.82) is 0 Å². The SMILES string of the molecule is C[C@@H]1CN([C@H](C)CO)C(=O)c2cccc(NC(=O)NC3CCCCC3)c2O[C@@H]1CN(C)C(=O)Nc1ccccc1. The number of aliphatic hydroxyl groups is 1. The minimum atomic E-state index is -0.504. The Hall–Kier alpha value is -3.79. The summed E-state index contributed by atoms with van der Waals surface area (Å²) < 4.78 is 6.50. The van der Waals surface area contributed by atoms with Crippen molar-refractivity contribution in [3.05, 3.63) is 54.1 Å². The van der Waals surface area contributed by atoms with Crippen molar-refractivity contribution in [3.8, 4) is 5.75 Å². The second kappa shape index (κ2) is 13.5. The fourth-order valence-electron chi connectivity index (χ4n) is 5.24. The van der Waals surface area contributed by atoms with Crippen LogP contribution in [0.25, 0.3) is 0 Å². The number of hydrogen-bond donors (Lipinski definition) is 4. The van der Waals surface area contributed by atoms with Gasteiger partial charge in [-0.05, 0) is 44.0 Å². The topological polar surface area (TPSA) is 123 Å². The van der Waals surface area contributed by atoms with Crippen molar-refractivity contribution in [2.75, 3.05) is 37.4 Å². The first-order valence-electron chi connectivity index (χ1n) is 14.1. The maximum Gasteiger partial charge on any atom is 0.321 e. The Bertz CT molecular complexity index is 1170. The molecule has 0 saturated heterocycles. The number of nitrogens with zero attached hydrogens (tertiary/aromatic N) is 2. The lowest BCUT2D eigenvalue weighted by Gasteiger charge is -2.38. The lowest BCUT2D eigenvalue weighted by molar-refractivity contribution is 0.0373. The van der Waals surface area contributed by atoms with Crippen molar-refractivity contribution in [2.24, 2.45) is 5.92 Å². The van der Waals surface area contributed by atoms with E-state index in [4.69, 9.17) is 4.74 Å². The van der Waals surface area contributed by atoms with E-state index < -0.39 is 12.1 Å². The first-order chi connectivity index (χ1) is 19.3. The number of ether oxygens (including phenoxy) is 1. The lowest BCUT2D eigenvalue weighted by Crippen LogP contribution is -2.50. The molecule has 2 aromatic rings. The molecule has 1 saturated carbocycles. The highest BCUT2D eigenvalue weighted by Crippen LogP contribution is 2.35. The van der Waals surface area contributed by atoms with Crippen LogP contribution in [-0.2, 0) is 0 Å². The first kappa shape index (κ1) is 29.2. The number of benzene rings is 2. The number of urea groups is 2. The van der Waals surface area contributed by atoms with E-state index in [0.717, 1.165) is 25.7 Å². The highest BCUT2D eigenvalue weighted by molar-refractivity contribution is 6.01. The molecule has 2 aliphatic rings. The number of nitrogens with one attached hydrogen (secondary N) is 3. The Morgan fingerprint density at radius 3 is 2.50 bits per heavy atom. The maximum absolute atomic E-state index is 13.7. The van der Waals surface area contributed by atoms with Crippen LogP contribution in [0.2, 0.25) is 0 Å². The predicted molar refractivity (Wildman–Crippen MR) is 155 cm³/mol. The molecule has 5 amide bonds. The molecule has 0 spiro atoms. The van der Waals surface area contributed by atoms with Gasteiger partial charge in [0.15, 0.2) is 5.75 Å². The van der Waals surface area contributed by atoms with Gasteiger partial charge in [-0.1, -0.05) is 50.5 Å². The summed E-state index contributed by atoms with van der Waals surface area (Å²) in [4.78, 5) is 42.7. The number of aliphatic hydroxyl groups excluding tert-OH is 1. The molecule has 1 aliphatic carbocycles. The smallest absolute Gasteiger partial charge is 0.321 e. The quantitative estimate of drug-likeness (QED) is 0.403. The van der Waals surface area contributed by atoms with Gasteiger partial charge in [0.1, 0.15) is 6.10 Å². The van der Waals surface area contributed by atoms with Crippen LogP contribution in [0, 0.1) is 5.92 Å². The van der Waals surface area contributed by atoms with E-state index >= 15 is 0 Å². The largest absolute Gasteiger partial charge is 0.485 e. The van der Waals surface area contributed by atoms with Gasteiger partial charge in [0.05, 0.1) is 30.4 Å². The number of hydrogen-bond acceptors (Lipinski definition) is 5. The monoisotopic (exact) mass is 551 g/mol. The first-order valence-corrected chi connectivity index (χ1v) is 14.1. The zero-order valence-electron chi connectivity index (χ0n) is 23.6. The Morgan fingerprint density at radius 1 is 1.07 bits per heavy atom. The standard InChI is InChI=1S/C30H41N5O5/c1-20-17-35(21(2)19-36)28(37)24-15-10-16-25(33-29(38)31-22-11-6-4-7-12-22)27(24)40-26(20)18-34(3)30(39)32-23-13-8-5-9-14-23/h5,8-10,13-16,20-22,26,36H,4,6-7,11-12,17-19H2,1-3H3,(H,32,39)(H2,31,33,38)/t20-,21-,26-/m1/s1. The Kier molecular flexibility index (Phi) is 9.87. The summed E-state index contributed by atoms with van der Waals surface area (Å²) in [6.07, 6.45) is 4.75. The van der Waals surface area contributed by atoms with Crippen LogP contribution in [0.3, 0.4) is 0 Å². The average molecular weight is 552 g/mol. The Labute approximate surface area is 236 Å². The van der Waals surface area contributed by atoms with Crippen LogP contribution in [0.5, 0.6) is 5.75 Å². The number of likely N-dealkylation sites (N-methyl/N-ethyl adjacent to an activating group) is 1. The summed E-state index contributed by atoms with van der Waals surface area (Å²) in [6, 6.07) is 13.3. The Morgan fingerprint density at radius 2 is 1.80 bits per heavy atom. The van der Waals surface area contributed by atoms with E-state index in [9.17, 15) is 19.5 Å². The number of carbonyl (C=O) groups excluding carboxylic acids is 3. The normalized spacial score (nSPS) is 20.3. The molecule has 10 nitrogen and oxygen atoms in total. The van der Waals surface area contributed by atoms with Crippen molar-refractivity contribution in [3.63, 3.8) is 0 Å². The van der Waals surface area contributed by atoms with Crippen LogP contribution in [0.15, 0.2) is 48.5 Å². The molecule has 1 fully saturated rings. The molecule has 3 atom stereocenters. The maximum atomic E-state index is 13.7. The van der Waals surface area contributed by atoms with Gasteiger partial charge in [0, 0.05) is 31.2 Å². The second-order valence-electron chi connectivity index (χ2n) is 10.9. The van der Waals surface area contributed by atoms with Crippen molar-refractivity contribution < 1.29 is 24.2 Å². The van der Waals surface area contributed by atoms with E-state index in [2.05, 4.69) is 16.0 Å². The average Bonchev–Trinajstić information content (AvgIpc) is 2.95. The molecule has 40 heavy (non-hydrogen) atoms. The van der Waals surface area contributed by atoms with Gasteiger partial charge in [0.25, 0.3) is 5.91 Å². The Balaban J connectivity index is 1.59. The number of rotatable bonds is 7. The molecule has 4 rings (SSSR count). The fraction of sp³-hybridized carbons (Fsp3) is 0.500. The molecule has 0 bridgehead atoms. The molecular weight excluding hydrogens is 510 g/mol. The third-order valence-corrected chi connectivity index (χ3v) is 7.71. The molecule has 0 aromatic heterocycles. The zero-order valence-corrected chi connectivity index (χ0v) is 23.6. The van der Waals surface area contributed by atoms with Gasteiger partial charge >= 0.3 is 12.1 Å². The molecule has 0 radical (unpaired) electrons. The zero-order chi connectivity index (χ0) is 28.6. The fourth-order valence-corrected chi connectivity index (χ4v) is 5.24. The highest BCUT2D eigenvalue weighted by Gasteiger charge is 2.35. The van der Waals surface area contributed by atoms with Crippen molar-refractivity contribution in [1.82, 2.24) is 15.1 Å². The van der Waals surface area contributed by atoms with Gasteiger partial charge in [-0.15, -0.1) is 0 Å². The van der Waals surface area contributed by atoms with E-state index in [1.54, 1.807) is 42.0 Å². The molecule has 0 unspecified atom stereocenters. The summed E-state index contributed by atoms with van der Waals surface area (Å²) in [5.74, 6) is -0.217. The van der Waals surface area contributed by atoms with E-state index in [1.165, 1.54) is 6.42 Å². The molecule has 1 aliphatic heterocycles. The summed E-state index contributed by atoms with van der Waals surface area (Å²) in [7, 11) is 1.69. The lowest BCUT2D eigenvalue weighted by atomic mass is 9.96. The third-order valence-electron chi connectivity index (χ3n) is 7.71. The molecule has 1 heterocycles. The highest BCUT2D eigenvalue weighted by atomic mass is 16.5. The molecule has 4 N–H and O–H groups in total. The summed E-state index contributed by atoms with van der Waals surface area (Å²) in [6.45, 7) is 4.12. The van der Waals surface area contributed by atoms with Gasteiger partial charge in [-0.25, -0.2) is 9.59 Å². The van der Waals surface area contributed by atoms with Crippen LogP contribution in [-0.4, -0.2) is 77.8 Å². The number of fused-ring (bicyclic) bond motifs is 1. The number of carbonyl (C=O) groups is 3. The predicted octanol–water partition coefficient (Wildman–Crippen LogP) is 4.52. The van der Waals surface area contributed by atoms with Gasteiger partial charge < -0.3 is 35.6 Å². The number of para-hydroxylation sites is 2. The number of amides is 5. The third kappa shape index (κ3) is 7.24. The van der Waals surface area contributed by atoms with E-state index in [0.29, 0.717) is 23.5 Å². The van der Waals surface area contributed by atoms with Gasteiger partial charge in [0.2, 0.25) is 0 Å². The molecule has 216 valence electrons. The molecule has 10 heteroatoms. The van der Waals surface area contributed by atoms with Crippen molar-refractivity contribution in [2.45, 2.75) is 64.1 Å². The van der Waals surface area contributed by atoms with Gasteiger partial charge in [-0.2, -0.15) is 0 Å².